The molecule has 2 N–H and O–H groups in total. The second-order valence-corrected chi connectivity index (χ2v) is 12.1. The summed E-state index contributed by atoms with van der Waals surface area (Å²) >= 11 is 0. The molecule has 0 bridgehead atoms. The Labute approximate surface area is 240 Å². The van der Waals surface area contributed by atoms with Crippen LogP contribution in [0.3, 0.4) is 0 Å². The molecule has 1 unspecified atom stereocenters. The molecule has 1 aromatic heterocycles. The fourth-order valence-electron chi connectivity index (χ4n) is 6.58. The van der Waals surface area contributed by atoms with Gasteiger partial charge in [0.2, 0.25) is 0 Å². The van der Waals surface area contributed by atoms with Crippen molar-refractivity contribution in [1.29, 1.82) is 0 Å². The number of aromatic nitrogens is 1. The van der Waals surface area contributed by atoms with Crippen LogP contribution in [0.4, 0.5) is 24.7 Å². The number of benzene rings is 1. The Morgan fingerprint density at radius 3 is 2.41 bits per heavy atom. The average Bonchev–Trinajstić information content (AvgIpc) is 3.76. The van der Waals surface area contributed by atoms with E-state index >= 15 is 0 Å². The number of nitrogens with zero attached hydrogens (tertiary/aromatic N) is 5. The fourth-order valence-corrected chi connectivity index (χ4v) is 6.58. The normalized spacial score (nSPS) is 23.0. The van der Waals surface area contributed by atoms with Crippen molar-refractivity contribution >= 4 is 17.3 Å². The molecule has 1 aromatic carbocycles. The standard InChI is InChI=1S/C31H40F3N7/c1-39(2)21-30(14-15-30)22-8-10-23(11-9-22)36-27-24-12-19-40(28-25(31(32,33)34)7-6-16-35-28)20-13-26(24)37-29(38-27)41-17-4-3-5-18-41/h6-11,16,29,37H,3-5,12-15,17-21H2,1-2H3,(H,36,38). The average molecular weight is 568 g/mol. The van der Waals surface area contributed by atoms with Crippen LogP contribution >= 0.6 is 0 Å². The van der Waals surface area contributed by atoms with Crippen LogP contribution in [0.2, 0.25) is 0 Å². The number of anilines is 2. The molecule has 2 fully saturated rings. The van der Waals surface area contributed by atoms with Gasteiger partial charge in [-0.05, 0) is 76.0 Å². The lowest BCUT2D eigenvalue weighted by atomic mass is 9.95. The van der Waals surface area contributed by atoms with Crippen LogP contribution < -0.4 is 15.5 Å². The van der Waals surface area contributed by atoms with Crippen LogP contribution in [0.5, 0.6) is 0 Å². The van der Waals surface area contributed by atoms with Crippen molar-refractivity contribution in [1.82, 2.24) is 20.1 Å². The van der Waals surface area contributed by atoms with Gasteiger partial charge in [0.1, 0.15) is 11.7 Å². The van der Waals surface area contributed by atoms with E-state index in [0.29, 0.717) is 25.9 Å². The van der Waals surface area contributed by atoms with Crippen LogP contribution in [-0.4, -0.2) is 73.7 Å². The summed E-state index contributed by atoms with van der Waals surface area (Å²) in [6.45, 7) is 3.90. The van der Waals surface area contributed by atoms with Gasteiger partial charge in [-0.2, -0.15) is 13.2 Å². The maximum Gasteiger partial charge on any atom is 0.419 e. The molecule has 0 radical (unpaired) electrons. The quantitative estimate of drug-likeness (QED) is 0.486. The number of pyridine rings is 1. The zero-order chi connectivity index (χ0) is 28.6. The highest BCUT2D eigenvalue weighted by molar-refractivity contribution is 6.09. The SMILES string of the molecule is CN(C)CC1(c2ccc(NC3=NC(N4CCCCC4)NC4=C3CCN(c3ncccc3C(F)(F)F)CC4)cc2)CC1. The largest absolute Gasteiger partial charge is 0.419 e. The van der Waals surface area contributed by atoms with Crippen molar-refractivity contribution in [3.63, 3.8) is 0 Å². The summed E-state index contributed by atoms with van der Waals surface area (Å²) in [5.74, 6) is 0.816. The highest BCUT2D eigenvalue weighted by atomic mass is 19.4. The minimum atomic E-state index is -4.45. The summed E-state index contributed by atoms with van der Waals surface area (Å²) in [5, 5.41) is 7.27. The molecule has 0 amide bonds. The number of aliphatic imine (C=N–C) groups is 1. The number of piperidine rings is 1. The Kier molecular flexibility index (Phi) is 7.72. The first-order chi connectivity index (χ1) is 19.7. The Bertz CT molecular complexity index is 1290. The molecular weight excluding hydrogens is 527 g/mol. The summed E-state index contributed by atoms with van der Waals surface area (Å²) in [7, 11) is 4.25. The minimum absolute atomic E-state index is 0.00111. The fraction of sp³-hybridized carbons (Fsp3) is 0.548. The van der Waals surface area contributed by atoms with E-state index in [1.807, 2.05) is 0 Å². The molecule has 1 saturated heterocycles. The van der Waals surface area contributed by atoms with Crippen LogP contribution in [0.1, 0.15) is 56.1 Å². The summed E-state index contributed by atoms with van der Waals surface area (Å²) in [5.41, 5.74) is 4.02. The number of amidine groups is 1. The Hall–Kier alpha value is -3.11. The first-order valence-corrected chi connectivity index (χ1v) is 14.8. The second-order valence-electron chi connectivity index (χ2n) is 12.1. The third-order valence-electron chi connectivity index (χ3n) is 8.83. The molecule has 6 rings (SSSR count). The van der Waals surface area contributed by atoms with Crippen molar-refractivity contribution in [2.75, 3.05) is 57.0 Å². The van der Waals surface area contributed by atoms with Gasteiger partial charge >= 0.3 is 6.18 Å². The highest BCUT2D eigenvalue weighted by Gasteiger charge is 2.44. The zero-order valence-electron chi connectivity index (χ0n) is 24.0. The van der Waals surface area contributed by atoms with Gasteiger partial charge in [0.15, 0.2) is 6.29 Å². The molecule has 1 atom stereocenters. The summed E-state index contributed by atoms with van der Waals surface area (Å²) in [6.07, 6.45) is 3.92. The second kappa shape index (κ2) is 11.3. The number of likely N-dealkylation sites (N-methyl/N-ethyl adjacent to an activating group) is 1. The van der Waals surface area contributed by atoms with Crippen LogP contribution in [0.15, 0.2) is 58.9 Å². The van der Waals surface area contributed by atoms with Crippen molar-refractivity contribution < 1.29 is 13.2 Å². The first kappa shape index (κ1) is 28.0. The number of halogens is 3. The molecule has 41 heavy (non-hydrogen) atoms. The molecule has 1 saturated carbocycles. The lowest BCUT2D eigenvalue weighted by molar-refractivity contribution is -0.137. The maximum atomic E-state index is 13.8. The molecule has 4 heterocycles. The van der Waals surface area contributed by atoms with Gasteiger partial charge in [-0.1, -0.05) is 18.6 Å². The molecule has 220 valence electrons. The topological polar surface area (TPSA) is 59.0 Å². The predicted octanol–water partition coefficient (Wildman–Crippen LogP) is 5.43. The molecule has 2 aromatic rings. The van der Waals surface area contributed by atoms with E-state index in [4.69, 9.17) is 4.99 Å². The van der Waals surface area contributed by atoms with E-state index in [-0.39, 0.29) is 17.5 Å². The number of alkyl halides is 3. The monoisotopic (exact) mass is 567 g/mol. The van der Waals surface area contributed by atoms with E-state index in [9.17, 15) is 13.2 Å². The number of rotatable bonds is 6. The Morgan fingerprint density at radius 2 is 1.73 bits per heavy atom. The summed E-state index contributed by atoms with van der Waals surface area (Å²) in [6, 6.07) is 11.2. The molecule has 3 aliphatic heterocycles. The summed E-state index contributed by atoms with van der Waals surface area (Å²) < 4.78 is 41.4. The number of hydrogen-bond donors (Lipinski definition) is 2. The maximum absolute atomic E-state index is 13.8. The van der Waals surface area contributed by atoms with Gasteiger partial charge in [0.05, 0.1) is 5.56 Å². The predicted molar refractivity (Wildman–Crippen MR) is 157 cm³/mol. The van der Waals surface area contributed by atoms with E-state index in [0.717, 1.165) is 61.3 Å². The molecule has 4 aliphatic rings. The minimum Gasteiger partial charge on any atom is -0.355 e. The lowest BCUT2D eigenvalue weighted by Gasteiger charge is -2.37. The number of hydrogen-bond acceptors (Lipinski definition) is 7. The molecule has 1 aliphatic carbocycles. The van der Waals surface area contributed by atoms with Gasteiger partial charge < -0.3 is 20.4 Å². The van der Waals surface area contributed by atoms with Crippen molar-refractivity contribution in [2.24, 2.45) is 4.99 Å². The van der Waals surface area contributed by atoms with Crippen molar-refractivity contribution in [3.05, 3.63) is 65.0 Å². The molecule has 10 heteroatoms. The van der Waals surface area contributed by atoms with Gasteiger partial charge in [-0.3, -0.25) is 4.90 Å². The molecular formula is C31H40F3N7. The van der Waals surface area contributed by atoms with Gasteiger partial charge in [-0.15, -0.1) is 0 Å². The van der Waals surface area contributed by atoms with Crippen LogP contribution in [-0.2, 0) is 11.6 Å². The first-order valence-electron chi connectivity index (χ1n) is 14.8. The van der Waals surface area contributed by atoms with Crippen molar-refractivity contribution in [2.45, 2.75) is 62.8 Å². The van der Waals surface area contributed by atoms with E-state index in [2.05, 4.69) is 63.8 Å². The number of likely N-dealkylation sites (tertiary alicyclic amines) is 1. The third kappa shape index (κ3) is 6.09. The Morgan fingerprint density at radius 1 is 1.00 bits per heavy atom. The molecule has 0 spiro atoms. The van der Waals surface area contributed by atoms with Crippen LogP contribution in [0.25, 0.3) is 0 Å². The lowest BCUT2D eigenvalue weighted by Crippen LogP contribution is -2.50. The summed E-state index contributed by atoms with van der Waals surface area (Å²) in [4.78, 5) is 15.7. The van der Waals surface area contributed by atoms with Gasteiger partial charge in [0, 0.05) is 67.7 Å². The van der Waals surface area contributed by atoms with Gasteiger partial charge in [-0.25, -0.2) is 9.98 Å². The van der Waals surface area contributed by atoms with Crippen molar-refractivity contribution in [3.8, 4) is 0 Å². The Balaban J connectivity index is 1.25. The smallest absolute Gasteiger partial charge is 0.355 e. The van der Waals surface area contributed by atoms with Crippen LogP contribution in [0, 0.1) is 0 Å². The number of nitrogens with one attached hydrogen (secondary N) is 2. The zero-order valence-corrected chi connectivity index (χ0v) is 24.0. The third-order valence-corrected chi connectivity index (χ3v) is 8.83. The van der Waals surface area contributed by atoms with E-state index in [1.165, 1.54) is 37.1 Å². The highest BCUT2D eigenvalue weighted by Crippen LogP contribution is 2.48. The molecule has 7 nitrogen and oxygen atoms in total. The van der Waals surface area contributed by atoms with Gasteiger partial charge in [0.25, 0.3) is 0 Å². The van der Waals surface area contributed by atoms with E-state index < -0.39 is 11.7 Å². The van der Waals surface area contributed by atoms with E-state index in [1.54, 1.807) is 4.90 Å².